The molecule has 4 heterocycles. The predicted octanol–water partition coefficient (Wildman–Crippen LogP) is 5.91. The van der Waals surface area contributed by atoms with Gasteiger partial charge in [0.1, 0.15) is 21.7 Å². The fourth-order valence-corrected chi connectivity index (χ4v) is 5.62. The lowest BCUT2D eigenvalue weighted by molar-refractivity contribution is -0.138. The van der Waals surface area contributed by atoms with Gasteiger partial charge in [-0.2, -0.15) is 18.4 Å². The highest BCUT2D eigenvalue weighted by atomic mass is 32.2. The van der Waals surface area contributed by atoms with E-state index in [4.69, 9.17) is 0 Å². The molecule has 4 rings (SSSR count). The topological polar surface area (TPSA) is 82.4 Å². The van der Waals surface area contributed by atoms with E-state index in [1.54, 1.807) is 23.6 Å². The average molecular weight is 479 g/mol. The second-order valence-corrected chi connectivity index (χ2v) is 9.70. The molecule has 0 amide bonds. The fraction of sp³-hybridized carbons (Fsp3) is 0.200. The van der Waals surface area contributed by atoms with Crippen molar-refractivity contribution in [3.8, 4) is 16.6 Å². The standard InChI is InChI=1S/C20H13F3N4OS3/c1-9-10(2)31-19-16(9)17(28)26-15(27-19)8-30-18-11(7-24)12(20(21,22)23)6-13(25-18)14-4-3-5-29-14/h3-6H,8H2,1-2H3,(H,26,27,28). The van der Waals surface area contributed by atoms with E-state index in [9.17, 15) is 23.2 Å². The zero-order valence-electron chi connectivity index (χ0n) is 16.1. The lowest BCUT2D eigenvalue weighted by atomic mass is 10.1. The van der Waals surface area contributed by atoms with Crippen LogP contribution < -0.4 is 5.56 Å². The van der Waals surface area contributed by atoms with Crippen LogP contribution in [0.25, 0.3) is 20.8 Å². The SMILES string of the molecule is Cc1sc2nc(CSc3nc(-c4cccs4)cc(C(F)(F)F)c3C#N)[nH]c(=O)c2c1C. The first-order chi connectivity index (χ1) is 14.7. The number of hydrogen-bond donors (Lipinski definition) is 1. The number of pyridine rings is 1. The van der Waals surface area contributed by atoms with Crippen molar-refractivity contribution in [1.82, 2.24) is 15.0 Å². The van der Waals surface area contributed by atoms with Crippen LogP contribution in [0.1, 0.15) is 27.4 Å². The summed E-state index contributed by atoms with van der Waals surface area (Å²) in [6.45, 7) is 3.74. The Balaban J connectivity index is 1.76. The summed E-state index contributed by atoms with van der Waals surface area (Å²) in [5.41, 5.74) is -0.856. The Morgan fingerprint density at radius 2 is 2.06 bits per heavy atom. The summed E-state index contributed by atoms with van der Waals surface area (Å²) in [7, 11) is 0. The molecule has 0 saturated carbocycles. The van der Waals surface area contributed by atoms with E-state index in [0.29, 0.717) is 20.9 Å². The molecule has 0 spiro atoms. The minimum atomic E-state index is -4.70. The first kappa shape index (κ1) is 21.5. The minimum absolute atomic E-state index is 0.0537. The number of nitriles is 1. The van der Waals surface area contributed by atoms with Gasteiger partial charge in [0.2, 0.25) is 0 Å². The van der Waals surface area contributed by atoms with Gasteiger partial charge in [-0.25, -0.2) is 9.97 Å². The van der Waals surface area contributed by atoms with Gasteiger partial charge in [-0.3, -0.25) is 4.79 Å². The number of aromatic amines is 1. The van der Waals surface area contributed by atoms with Gasteiger partial charge < -0.3 is 4.98 Å². The van der Waals surface area contributed by atoms with Crippen LogP contribution in [0.3, 0.4) is 0 Å². The van der Waals surface area contributed by atoms with Gasteiger partial charge in [0, 0.05) is 4.88 Å². The van der Waals surface area contributed by atoms with Crippen LogP contribution in [0.4, 0.5) is 13.2 Å². The Hall–Kier alpha value is -2.68. The maximum absolute atomic E-state index is 13.6. The molecule has 0 aliphatic carbocycles. The van der Waals surface area contributed by atoms with Gasteiger partial charge in [-0.1, -0.05) is 17.8 Å². The number of halogens is 3. The van der Waals surface area contributed by atoms with E-state index < -0.39 is 17.3 Å². The summed E-state index contributed by atoms with van der Waals surface area (Å²) in [6, 6.07) is 5.93. The maximum atomic E-state index is 13.6. The van der Waals surface area contributed by atoms with E-state index in [2.05, 4.69) is 15.0 Å². The third-order valence-corrected chi connectivity index (χ3v) is 7.59. The molecule has 4 aromatic heterocycles. The molecule has 1 N–H and O–H groups in total. The smallest absolute Gasteiger partial charge is 0.309 e. The highest BCUT2D eigenvalue weighted by Crippen LogP contribution is 2.39. The Kier molecular flexibility index (Phi) is 5.63. The second-order valence-electron chi connectivity index (χ2n) is 6.59. The Morgan fingerprint density at radius 1 is 1.29 bits per heavy atom. The molecule has 5 nitrogen and oxygen atoms in total. The molecule has 0 atom stereocenters. The van der Waals surface area contributed by atoms with Crippen LogP contribution in [0, 0.1) is 25.2 Å². The molecule has 0 aliphatic rings. The number of alkyl halides is 3. The number of nitrogens with one attached hydrogen (secondary N) is 1. The third-order valence-electron chi connectivity index (χ3n) is 4.61. The molecule has 0 saturated heterocycles. The highest BCUT2D eigenvalue weighted by Gasteiger charge is 2.36. The molecule has 0 aliphatic heterocycles. The first-order valence-corrected chi connectivity index (χ1v) is 11.5. The maximum Gasteiger partial charge on any atom is 0.417 e. The van der Waals surface area contributed by atoms with Crippen LogP contribution in [0.5, 0.6) is 0 Å². The summed E-state index contributed by atoms with van der Waals surface area (Å²) >= 11 is 3.58. The quantitative estimate of drug-likeness (QED) is 0.369. The summed E-state index contributed by atoms with van der Waals surface area (Å²) in [5.74, 6) is 0.373. The molecule has 0 unspecified atom stereocenters. The van der Waals surface area contributed by atoms with Crippen LogP contribution in [0.2, 0.25) is 0 Å². The number of nitrogens with zero attached hydrogens (tertiary/aromatic N) is 3. The van der Waals surface area contributed by atoms with E-state index in [0.717, 1.165) is 28.3 Å². The van der Waals surface area contributed by atoms with Crippen molar-refractivity contribution in [2.75, 3.05) is 0 Å². The molecule has 0 bridgehead atoms. The molecular weight excluding hydrogens is 465 g/mol. The van der Waals surface area contributed by atoms with Crippen LogP contribution >= 0.6 is 34.4 Å². The largest absolute Gasteiger partial charge is 0.417 e. The van der Waals surface area contributed by atoms with Crippen molar-refractivity contribution in [2.45, 2.75) is 30.8 Å². The molecule has 158 valence electrons. The molecule has 11 heteroatoms. The Bertz CT molecular complexity index is 1380. The minimum Gasteiger partial charge on any atom is -0.309 e. The lowest BCUT2D eigenvalue weighted by Gasteiger charge is -2.13. The molecule has 0 fully saturated rings. The number of fused-ring (bicyclic) bond motifs is 1. The van der Waals surface area contributed by atoms with Gasteiger partial charge in [0.05, 0.1) is 32.8 Å². The number of thiophene rings is 2. The fourth-order valence-electron chi connectivity index (χ4n) is 3.01. The van der Waals surface area contributed by atoms with E-state index in [-0.39, 0.29) is 22.0 Å². The van der Waals surface area contributed by atoms with Crippen molar-refractivity contribution >= 4 is 44.7 Å². The zero-order valence-corrected chi connectivity index (χ0v) is 18.6. The van der Waals surface area contributed by atoms with E-state index >= 15 is 0 Å². The van der Waals surface area contributed by atoms with Crippen molar-refractivity contribution in [1.29, 1.82) is 5.26 Å². The second kappa shape index (κ2) is 8.11. The van der Waals surface area contributed by atoms with Crippen LogP contribution in [-0.2, 0) is 11.9 Å². The summed E-state index contributed by atoms with van der Waals surface area (Å²) < 4.78 is 40.9. The third kappa shape index (κ3) is 4.11. The Labute approximate surface area is 186 Å². The van der Waals surface area contributed by atoms with Gasteiger partial charge in [-0.15, -0.1) is 22.7 Å². The Morgan fingerprint density at radius 3 is 2.71 bits per heavy atom. The van der Waals surface area contributed by atoms with Gasteiger partial charge >= 0.3 is 6.18 Å². The van der Waals surface area contributed by atoms with Crippen LogP contribution in [0.15, 0.2) is 33.4 Å². The number of rotatable bonds is 4. The summed E-state index contributed by atoms with van der Waals surface area (Å²) in [4.78, 5) is 26.0. The molecule has 4 aromatic rings. The number of hydrogen-bond acceptors (Lipinski definition) is 7. The van der Waals surface area contributed by atoms with Crippen LogP contribution in [-0.4, -0.2) is 15.0 Å². The number of aryl methyl sites for hydroxylation is 2. The highest BCUT2D eigenvalue weighted by molar-refractivity contribution is 7.98. The summed E-state index contributed by atoms with van der Waals surface area (Å²) in [5, 5.41) is 11.6. The van der Waals surface area contributed by atoms with Crippen molar-refractivity contribution in [2.24, 2.45) is 0 Å². The predicted molar refractivity (Wildman–Crippen MR) is 117 cm³/mol. The zero-order chi connectivity index (χ0) is 22.3. The number of aromatic nitrogens is 3. The lowest BCUT2D eigenvalue weighted by Crippen LogP contribution is -2.12. The molecule has 0 aromatic carbocycles. The molecular formula is C20H13F3N4OS3. The molecule has 0 radical (unpaired) electrons. The van der Waals surface area contributed by atoms with Gasteiger partial charge in [-0.05, 0) is 36.9 Å². The average Bonchev–Trinajstić information content (AvgIpc) is 3.34. The summed E-state index contributed by atoms with van der Waals surface area (Å²) in [6.07, 6.45) is -4.70. The van der Waals surface area contributed by atoms with Gasteiger partial charge in [0.25, 0.3) is 5.56 Å². The number of H-pyrrole nitrogens is 1. The normalized spacial score (nSPS) is 11.7. The van der Waals surface area contributed by atoms with Gasteiger partial charge in [0.15, 0.2) is 0 Å². The number of thioether (sulfide) groups is 1. The van der Waals surface area contributed by atoms with E-state index in [1.807, 2.05) is 13.8 Å². The van der Waals surface area contributed by atoms with Crippen molar-refractivity contribution in [3.05, 3.63) is 61.3 Å². The molecule has 31 heavy (non-hydrogen) atoms. The van der Waals surface area contributed by atoms with Crippen molar-refractivity contribution < 1.29 is 13.2 Å². The first-order valence-electron chi connectivity index (χ1n) is 8.87. The van der Waals surface area contributed by atoms with E-state index in [1.165, 1.54) is 22.7 Å². The monoisotopic (exact) mass is 478 g/mol. The van der Waals surface area contributed by atoms with Crippen molar-refractivity contribution in [3.63, 3.8) is 0 Å².